The molecule has 1 aliphatic rings. The fourth-order valence-electron chi connectivity index (χ4n) is 1.96. The molecule has 0 aromatic heterocycles. The van der Waals surface area contributed by atoms with Gasteiger partial charge in [-0.15, -0.1) is 0 Å². The number of allylic oxidation sites excluding steroid dienone is 1. The minimum absolute atomic E-state index is 0.0543. The number of ketones is 1. The quantitative estimate of drug-likeness (QED) is 0.593. The smallest absolute Gasteiger partial charge is 0.192 e. The largest absolute Gasteiger partial charge is 0.501 e. The molecule has 0 bridgehead atoms. The number of carbonyl (C=O) groups is 1. The number of methoxy groups -OCH3 is 1. The van der Waals surface area contributed by atoms with E-state index in [0.29, 0.717) is 6.61 Å². The molecule has 90 valence electrons. The zero-order valence-corrected chi connectivity index (χ0v) is 10.2. The van der Waals surface area contributed by atoms with Crippen molar-refractivity contribution in [3.05, 3.63) is 41.2 Å². The van der Waals surface area contributed by atoms with Crippen molar-refractivity contribution in [2.45, 2.75) is 19.8 Å². The molecular formula is C14H16O3. The van der Waals surface area contributed by atoms with Crippen LogP contribution in [0, 0.1) is 0 Å². The Hall–Kier alpha value is -1.77. The van der Waals surface area contributed by atoms with Crippen molar-refractivity contribution in [3.8, 4) is 5.75 Å². The summed E-state index contributed by atoms with van der Waals surface area (Å²) < 4.78 is 10.3. The van der Waals surface area contributed by atoms with Crippen molar-refractivity contribution >= 4 is 5.78 Å². The number of benzene rings is 1. The molecule has 3 nitrogen and oxygen atoms in total. The first-order chi connectivity index (χ1) is 8.26. The van der Waals surface area contributed by atoms with Crippen LogP contribution in [-0.2, 0) is 11.2 Å². The maximum atomic E-state index is 12.2. The molecule has 1 aliphatic carbocycles. The van der Waals surface area contributed by atoms with Gasteiger partial charge in [-0.25, -0.2) is 0 Å². The van der Waals surface area contributed by atoms with E-state index in [1.807, 2.05) is 19.1 Å². The van der Waals surface area contributed by atoms with E-state index in [1.165, 1.54) is 0 Å². The summed E-state index contributed by atoms with van der Waals surface area (Å²) in [6.45, 7) is 2.49. The summed E-state index contributed by atoms with van der Waals surface area (Å²) in [7, 11) is 1.60. The maximum Gasteiger partial charge on any atom is 0.192 e. The van der Waals surface area contributed by atoms with Crippen LogP contribution in [0.15, 0.2) is 30.0 Å². The molecular weight excluding hydrogens is 216 g/mol. The normalized spacial score (nSPS) is 16.8. The fraction of sp³-hybridized carbons (Fsp3) is 0.357. The van der Waals surface area contributed by atoms with Crippen LogP contribution >= 0.6 is 0 Å². The molecule has 0 fully saturated rings. The van der Waals surface area contributed by atoms with Gasteiger partial charge >= 0.3 is 0 Å². The zero-order chi connectivity index (χ0) is 12.3. The van der Waals surface area contributed by atoms with Gasteiger partial charge in [0, 0.05) is 11.1 Å². The van der Waals surface area contributed by atoms with E-state index in [4.69, 9.17) is 9.47 Å². The highest BCUT2D eigenvalue weighted by molar-refractivity contribution is 6.10. The third-order valence-electron chi connectivity index (χ3n) is 2.91. The van der Waals surface area contributed by atoms with Crippen molar-refractivity contribution < 1.29 is 14.3 Å². The molecule has 3 heteroatoms. The van der Waals surface area contributed by atoms with Gasteiger partial charge in [-0.2, -0.15) is 0 Å². The summed E-state index contributed by atoms with van der Waals surface area (Å²) in [5.41, 5.74) is 2.57. The first kappa shape index (κ1) is 11.7. The van der Waals surface area contributed by atoms with Crippen LogP contribution in [0.4, 0.5) is 0 Å². The molecule has 0 spiro atoms. The van der Waals surface area contributed by atoms with E-state index in [0.717, 1.165) is 35.3 Å². The number of Topliss-reactive ketones (excluding diaryl/α,β-unsaturated/α-hetero) is 1. The molecule has 0 unspecified atom stereocenters. The Balaban J connectivity index is 2.33. The lowest BCUT2D eigenvalue weighted by Gasteiger charge is -2.17. The van der Waals surface area contributed by atoms with Crippen molar-refractivity contribution in [1.82, 2.24) is 0 Å². The summed E-state index contributed by atoms with van der Waals surface area (Å²) in [6.07, 6.45) is 3.22. The van der Waals surface area contributed by atoms with Crippen LogP contribution in [0.2, 0.25) is 0 Å². The van der Waals surface area contributed by atoms with Crippen molar-refractivity contribution in [2.24, 2.45) is 0 Å². The van der Waals surface area contributed by atoms with Gasteiger partial charge in [0.1, 0.15) is 5.75 Å². The summed E-state index contributed by atoms with van der Waals surface area (Å²) in [6, 6.07) is 5.66. The van der Waals surface area contributed by atoms with Crippen LogP contribution in [0.3, 0.4) is 0 Å². The number of carbonyl (C=O) groups excluding carboxylic acids is 1. The van der Waals surface area contributed by atoms with E-state index in [-0.39, 0.29) is 5.78 Å². The van der Waals surface area contributed by atoms with E-state index in [2.05, 4.69) is 0 Å². The van der Waals surface area contributed by atoms with Gasteiger partial charge in [0.15, 0.2) is 5.78 Å². The molecule has 1 aromatic rings. The van der Waals surface area contributed by atoms with Crippen molar-refractivity contribution in [3.63, 3.8) is 0 Å². The van der Waals surface area contributed by atoms with Crippen LogP contribution in [-0.4, -0.2) is 19.5 Å². The summed E-state index contributed by atoms with van der Waals surface area (Å²) in [5, 5.41) is 0. The highest BCUT2D eigenvalue weighted by Crippen LogP contribution is 2.28. The Labute approximate surface area is 101 Å². The van der Waals surface area contributed by atoms with Gasteiger partial charge in [-0.3, -0.25) is 4.79 Å². The van der Waals surface area contributed by atoms with Gasteiger partial charge in [0.25, 0.3) is 0 Å². The second-order valence-corrected chi connectivity index (χ2v) is 3.95. The Morgan fingerprint density at radius 1 is 1.35 bits per heavy atom. The Morgan fingerprint density at radius 3 is 2.88 bits per heavy atom. The zero-order valence-electron chi connectivity index (χ0n) is 10.2. The van der Waals surface area contributed by atoms with E-state index >= 15 is 0 Å². The first-order valence-electron chi connectivity index (χ1n) is 5.78. The number of fused-ring (bicyclic) bond motifs is 1. The average molecular weight is 232 g/mol. The van der Waals surface area contributed by atoms with Gasteiger partial charge in [0.05, 0.1) is 20.0 Å². The van der Waals surface area contributed by atoms with Gasteiger partial charge in [0.2, 0.25) is 0 Å². The second kappa shape index (κ2) is 5.04. The number of hydrogen-bond acceptors (Lipinski definition) is 3. The van der Waals surface area contributed by atoms with Gasteiger partial charge < -0.3 is 9.47 Å². The molecule has 0 saturated heterocycles. The summed E-state index contributed by atoms with van der Waals surface area (Å²) in [4.78, 5) is 12.2. The Bertz CT molecular complexity index is 461. The molecule has 17 heavy (non-hydrogen) atoms. The predicted molar refractivity (Wildman–Crippen MR) is 65.4 cm³/mol. The monoisotopic (exact) mass is 232 g/mol. The molecule has 0 saturated carbocycles. The minimum atomic E-state index is 0.0543. The number of aryl methyl sites for hydroxylation is 1. The molecule has 0 N–H and O–H groups in total. The fourth-order valence-corrected chi connectivity index (χ4v) is 1.96. The standard InChI is InChI=1S/C14H16O3/c1-3-17-9-11-5-4-10-6-7-12(16-2)8-13(10)14(11)15/h6-9H,3-5H2,1-2H3/b11-9+. The van der Waals surface area contributed by atoms with E-state index < -0.39 is 0 Å². The van der Waals surface area contributed by atoms with Crippen LogP contribution in [0.1, 0.15) is 29.3 Å². The minimum Gasteiger partial charge on any atom is -0.501 e. The summed E-state index contributed by atoms with van der Waals surface area (Å²) in [5.74, 6) is 0.772. The lowest BCUT2D eigenvalue weighted by molar-refractivity contribution is 0.101. The molecule has 0 amide bonds. The molecule has 0 radical (unpaired) electrons. The van der Waals surface area contributed by atoms with Crippen LogP contribution < -0.4 is 4.74 Å². The number of rotatable bonds is 3. The highest BCUT2D eigenvalue weighted by Gasteiger charge is 2.22. The van der Waals surface area contributed by atoms with E-state index in [1.54, 1.807) is 19.4 Å². The van der Waals surface area contributed by atoms with Gasteiger partial charge in [-0.05, 0) is 37.5 Å². The van der Waals surface area contributed by atoms with Gasteiger partial charge in [-0.1, -0.05) is 6.07 Å². The molecule has 0 atom stereocenters. The lowest BCUT2D eigenvalue weighted by atomic mass is 9.87. The second-order valence-electron chi connectivity index (χ2n) is 3.95. The predicted octanol–water partition coefficient (Wildman–Crippen LogP) is 2.74. The number of ether oxygens (including phenoxy) is 2. The lowest BCUT2D eigenvalue weighted by Crippen LogP contribution is -2.14. The summed E-state index contributed by atoms with van der Waals surface area (Å²) >= 11 is 0. The highest BCUT2D eigenvalue weighted by atomic mass is 16.5. The van der Waals surface area contributed by atoms with E-state index in [9.17, 15) is 4.79 Å². The molecule has 2 rings (SSSR count). The van der Waals surface area contributed by atoms with Crippen molar-refractivity contribution in [2.75, 3.05) is 13.7 Å². The third kappa shape index (κ3) is 2.33. The van der Waals surface area contributed by atoms with Crippen molar-refractivity contribution in [1.29, 1.82) is 0 Å². The Morgan fingerprint density at radius 2 is 2.18 bits per heavy atom. The number of hydrogen-bond donors (Lipinski definition) is 0. The molecule has 1 aromatic carbocycles. The van der Waals surface area contributed by atoms with Crippen LogP contribution in [0.5, 0.6) is 5.75 Å². The molecule has 0 heterocycles. The van der Waals surface area contributed by atoms with Crippen LogP contribution in [0.25, 0.3) is 0 Å². The topological polar surface area (TPSA) is 35.5 Å². The first-order valence-corrected chi connectivity index (χ1v) is 5.78. The third-order valence-corrected chi connectivity index (χ3v) is 2.91. The molecule has 0 aliphatic heterocycles. The maximum absolute atomic E-state index is 12.2. The Kier molecular flexibility index (Phi) is 3.47. The average Bonchev–Trinajstić information content (AvgIpc) is 2.38. The SMILES string of the molecule is CCO/C=C1\CCc2ccc(OC)cc2C1=O.